The molecular formula is C22H29N5O2. The largest absolute Gasteiger partial charge is 0.342 e. The number of carbonyl (C=O) groups excluding carboxylic acids is 1. The van der Waals surface area contributed by atoms with Gasteiger partial charge in [-0.25, -0.2) is 4.98 Å². The average Bonchev–Trinajstić information content (AvgIpc) is 2.69. The van der Waals surface area contributed by atoms with Crippen molar-refractivity contribution < 1.29 is 4.79 Å². The summed E-state index contributed by atoms with van der Waals surface area (Å²) in [6, 6.07) is 7.86. The number of piperidine rings is 1. The first kappa shape index (κ1) is 19.6. The molecule has 0 bridgehead atoms. The standard InChI is InChI=1S/C22H29N5O2/c1-15-4-3-10-27(12-15)22-24-20-9-11-26(14-19(20)21(29)25-22)13-17-5-7-18(8-6-17)23-16(2)28/h5-8,15H,3-4,9-14H2,1-2H3,(H,23,28)(H,24,25,29)/t15-/m1/s1. The van der Waals surface area contributed by atoms with Crippen LogP contribution in [-0.2, 0) is 24.3 Å². The van der Waals surface area contributed by atoms with Gasteiger partial charge in [-0.05, 0) is 36.5 Å². The van der Waals surface area contributed by atoms with Gasteiger partial charge in [0.05, 0.1) is 11.3 Å². The van der Waals surface area contributed by atoms with Crippen molar-refractivity contribution in [2.24, 2.45) is 5.92 Å². The molecule has 2 N–H and O–H groups in total. The number of rotatable bonds is 4. The maximum Gasteiger partial charge on any atom is 0.257 e. The highest BCUT2D eigenvalue weighted by molar-refractivity contribution is 5.88. The summed E-state index contributed by atoms with van der Waals surface area (Å²) in [5.41, 5.74) is 3.68. The van der Waals surface area contributed by atoms with Crippen LogP contribution in [0.5, 0.6) is 0 Å². The minimum absolute atomic E-state index is 0.00562. The lowest BCUT2D eigenvalue weighted by Gasteiger charge is -2.33. The number of hydrogen-bond donors (Lipinski definition) is 2. The van der Waals surface area contributed by atoms with E-state index in [4.69, 9.17) is 4.98 Å². The van der Waals surface area contributed by atoms with Crippen LogP contribution in [0.15, 0.2) is 29.1 Å². The molecule has 154 valence electrons. The summed E-state index contributed by atoms with van der Waals surface area (Å²) >= 11 is 0. The zero-order chi connectivity index (χ0) is 20.4. The highest BCUT2D eigenvalue weighted by Crippen LogP contribution is 2.22. The Labute approximate surface area is 171 Å². The van der Waals surface area contributed by atoms with Gasteiger partial charge < -0.3 is 10.2 Å². The molecule has 1 fully saturated rings. The van der Waals surface area contributed by atoms with Crippen molar-refractivity contribution in [3.8, 4) is 0 Å². The SMILES string of the molecule is CC(=O)Nc1ccc(CN2CCc3nc(N4CCC[C@@H](C)C4)[nH]c(=O)c3C2)cc1. The van der Waals surface area contributed by atoms with Crippen LogP contribution < -0.4 is 15.8 Å². The third-order valence-corrected chi connectivity index (χ3v) is 5.77. The first-order chi connectivity index (χ1) is 14.0. The van der Waals surface area contributed by atoms with Gasteiger partial charge in [0, 0.05) is 51.8 Å². The minimum Gasteiger partial charge on any atom is -0.342 e. The van der Waals surface area contributed by atoms with Crippen molar-refractivity contribution in [1.82, 2.24) is 14.9 Å². The molecule has 0 unspecified atom stereocenters. The maximum atomic E-state index is 12.8. The summed E-state index contributed by atoms with van der Waals surface area (Å²) in [6.45, 7) is 7.94. The van der Waals surface area contributed by atoms with Gasteiger partial charge >= 0.3 is 0 Å². The molecule has 2 aromatic rings. The number of nitrogens with zero attached hydrogens (tertiary/aromatic N) is 3. The summed E-state index contributed by atoms with van der Waals surface area (Å²) in [4.78, 5) is 36.2. The number of fused-ring (bicyclic) bond motifs is 1. The Kier molecular flexibility index (Phi) is 5.67. The fourth-order valence-electron chi connectivity index (χ4n) is 4.29. The van der Waals surface area contributed by atoms with E-state index >= 15 is 0 Å². The lowest BCUT2D eigenvalue weighted by molar-refractivity contribution is -0.114. The van der Waals surface area contributed by atoms with Gasteiger partial charge in [0.1, 0.15) is 0 Å². The molecule has 3 heterocycles. The molecular weight excluding hydrogens is 366 g/mol. The monoisotopic (exact) mass is 395 g/mol. The number of amides is 1. The average molecular weight is 396 g/mol. The van der Waals surface area contributed by atoms with Crippen LogP contribution in [0.1, 0.15) is 43.5 Å². The Bertz CT molecular complexity index is 937. The minimum atomic E-state index is -0.0736. The predicted molar refractivity (Wildman–Crippen MR) is 114 cm³/mol. The summed E-state index contributed by atoms with van der Waals surface area (Å²) in [7, 11) is 0. The number of carbonyl (C=O) groups is 1. The van der Waals surface area contributed by atoms with Crippen molar-refractivity contribution in [3.05, 3.63) is 51.4 Å². The Morgan fingerprint density at radius 3 is 2.79 bits per heavy atom. The van der Waals surface area contributed by atoms with Crippen molar-refractivity contribution in [1.29, 1.82) is 0 Å². The second-order valence-corrected chi connectivity index (χ2v) is 8.35. The van der Waals surface area contributed by atoms with Gasteiger partial charge in [0.15, 0.2) is 0 Å². The van der Waals surface area contributed by atoms with E-state index in [-0.39, 0.29) is 11.5 Å². The van der Waals surface area contributed by atoms with E-state index in [0.29, 0.717) is 12.5 Å². The first-order valence-corrected chi connectivity index (χ1v) is 10.4. The molecule has 1 saturated heterocycles. The molecule has 2 aliphatic heterocycles. The fourth-order valence-corrected chi connectivity index (χ4v) is 4.29. The number of aromatic nitrogens is 2. The third kappa shape index (κ3) is 4.67. The van der Waals surface area contributed by atoms with Crippen molar-refractivity contribution in [3.63, 3.8) is 0 Å². The fraction of sp³-hybridized carbons (Fsp3) is 0.500. The zero-order valence-corrected chi connectivity index (χ0v) is 17.2. The van der Waals surface area contributed by atoms with Crippen LogP contribution in [0.3, 0.4) is 0 Å². The van der Waals surface area contributed by atoms with Gasteiger partial charge in [0.25, 0.3) is 5.56 Å². The summed E-state index contributed by atoms with van der Waals surface area (Å²) < 4.78 is 0. The number of benzene rings is 1. The molecule has 1 aromatic heterocycles. The number of H-pyrrole nitrogens is 1. The molecule has 29 heavy (non-hydrogen) atoms. The van der Waals surface area contributed by atoms with Crippen LogP contribution in [0.4, 0.5) is 11.6 Å². The van der Waals surface area contributed by atoms with Crippen LogP contribution in [0.2, 0.25) is 0 Å². The molecule has 1 aromatic carbocycles. The normalized spacial score (nSPS) is 19.7. The maximum absolute atomic E-state index is 12.8. The van der Waals surface area contributed by atoms with Gasteiger partial charge in [0.2, 0.25) is 11.9 Å². The molecule has 1 amide bonds. The molecule has 7 nitrogen and oxygen atoms in total. The number of aromatic amines is 1. The van der Waals surface area contributed by atoms with Crippen LogP contribution in [0, 0.1) is 5.92 Å². The van der Waals surface area contributed by atoms with Crippen LogP contribution in [-0.4, -0.2) is 40.4 Å². The van der Waals surface area contributed by atoms with E-state index in [9.17, 15) is 9.59 Å². The van der Waals surface area contributed by atoms with E-state index in [1.54, 1.807) is 0 Å². The van der Waals surface area contributed by atoms with Gasteiger partial charge in [-0.3, -0.25) is 19.5 Å². The lowest BCUT2D eigenvalue weighted by Crippen LogP contribution is -2.39. The third-order valence-electron chi connectivity index (χ3n) is 5.77. The van der Waals surface area contributed by atoms with E-state index in [0.717, 1.165) is 67.5 Å². The number of hydrogen-bond acceptors (Lipinski definition) is 5. The quantitative estimate of drug-likeness (QED) is 0.831. The number of nitrogens with one attached hydrogen (secondary N) is 2. The molecule has 0 saturated carbocycles. The molecule has 4 rings (SSSR count). The lowest BCUT2D eigenvalue weighted by atomic mass is 10.0. The highest BCUT2D eigenvalue weighted by Gasteiger charge is 2.24. The Hall–Kier alpha value is -2.67. The van der Waals surface area contributed by atoms with E-state index in [1.807, 2.05) is 24.3 Å². The van der Waals surface area contributed by atoms with Crippen molar-refractivity contribution in [2.75, 3.05) is 29.9 Å². The van der Waals surface area contributed by atoms with Gasteiger partial charge in [-0.1, -0.05) is 19.1 Å². The molecule has 0 spiro atoms. The number of anilines is 2. The van der Waals surface area contributed by atoms with Gasteiger partial charge in [-0.15, -0.1) is 0 Å². The summed E-state index contributed by atoms with van der Waals surface area (Å²) in [5, 5.41) is 2.78. The predicted octanol–water partition coefficient (Wildman–Crippen LogP) is 2.52. The molecule has 2 aliphatic rings. The molecule has 7 heteroatoms. The topological polar surface area (TPSA) is 81.3 Å². The highest BCUT2D eigenvalue weighted by atomic mass is 16.1. The van der Waals surface area contributed by atoms with Crippen LogP contribution in [0.25, 0.3) is 0 Å². The zero-order valence-electron chi connectivity index (χ0n) is 17.2. The Morgan fingerprint density at radius 2 is 2.07 bits per heavy atom. The molecule has 1 atom stereocenters. The Balaban J connectivity index is 1.44. The smallest absolute Gasteiger partial charge is 0.257 e. The van der Waals surface area contributed by atoms with Crippen LogP contribution >= 0.6 is 0 Å². The molecule has 0 aliphatic carbocycles. The Morgan fingerprint density at radius 1 is 1.28 bits per heavy atom. The summed E-state index contributed by atoms with van der Waals surface area (Å²) in [5.74, 6) is 1.30. The first-order valence-electron chi connectivity index (χ1n) is 10.4. The van der Waals surface area contributed by atoms with E-state index < -0.39 is 0 Å². The molecule has 0 radical (unpaired) electrons. The van der Waals surface area contributed by atoms with Gasteiger partial charge in [-0.2, -0.15) is 0 Å². The van der Waals surface area contributed by atoms with Crippen molar-refractivity contribution >= 4 is 17.5 Å². The van der Waals surface area contributed by atoms with Crippen molar-refractivity contribution in [2.45, 2.75) is 46.2 Å². The second-order valence-electron chi connectivity index (χ2n) is 8.35. The van der Waals surface area contributed by atoms with E-state index in [2.05, 4.69) is 27.0 Å². The summed E-state index contributed by atoms with van der Waals surface area (Å²) in [6.07, 6.45) is 3.18. The second kappa shape index (κ2) is 8.37. The van der Waals surface area contributed by atoms with E-state index in [1.165, 1.54) is 13.3 Å².